The summed E-state index contributed by atoms with van der Waals surface area (Å²) in [6, 6.07) is 5.84. The fourth-order valence-electron chi connectivity index (χ4n) is 1.09. The minimum atomic E-state index is 0.933. The Labute approximate surface area is 98.7 Å². The zero-order valence-corrected chi connectivity index (χ0v) is 10.3. The van der Waals surface area contributed by atoms with Crippen molar-refractivity contribution in [3.05, 3.63) is 45.7 Å². The van der Waals surface area contributed by atoms with E-state index < -0.39 is 0 Å². The Morgan fingerprint density at radius 3 is 2.36 bits per heavy atom. The standard InChI is InChI=1S/C10H6Br2N2/c11-8-5-10(14-6-9(8)12)7-1-3-13-4-2-7/h1-6H. The Balaban J connectivity index is 2.48. The van der Waals surface area contributed by atoms with Crippen LogP contribution in [0.5, 0.6) is 0 Å². The molecule has 2 nitrogen and oxygen atoms in total. The molecule has 0 saturated heterocycles. The van der Waals surface area contributed by atoms with E-state index in [1.807, 2.05) is 18.2 Å². The van der Waals surface area contributed by atoms with Crippen molar-refractivity contribution in [1.29, 1.82) is 0 Å². The predicted molar refractivity (Wildman–Crippen MR) is 62.9 cm³/mol. The molecule has 0 fully saturated rings. The van der Waals surface area contributed by atoms with Gasteiger partial charge in [-0.15, -0.1) is 0 Å². The quantitative estimate of drug-likeness (QED) is 0.803. The number of aromatic nitrogens is 2. The molecule has 4 heteroatoms. The Bertz CT molecular complexity index is 443. The van der Waals surface area contributed by atoms with E-state index in [0.29, 0.717) is 0 Å². The third-order valence-electron chi connectivity index (χ3n) is 1.78. The van der Waals surface area contributed by atoms with Crippen LogP contribution < -0.4 is 0 Å². The van der Waals surface area contributed by atoms with E-state index in [1.54, 1.807) is 18.6 Å². The van der Waals surface area contributed by atoms with Gasteiger partial charge in [0.05, 0.1) is 10.2 Å². The Kier molecular flexibility index (Phi) is 2.93. The fraction of sp³-hybridized carbons (Fsp3) is 0. The molecule has 0 bridgehead atoms. The molecular formula is C10H6Br2N2. The maximum absolute atomic E-state index is 4.30. The Hall–Kier alpha value is -0.740. The van der Waals surface area contributed by atoms with Crippen LogP contribution in [0.1, 0.15) is 0 Å². The van der Waals surface area contributed by atoms with Crippen LogP contribution >= 0.6 is 31.9 Å². The van der Waals surface area contributed by atoms with Crippen LogP contribution in [0.3, 0.4) is 0 Å². The molecule has 0 aliphatic carbocycles. The highest BCUT2D eigenvalue weighted by atomic mass is 79.9. The van der Waals surface area contributed by atoms with Gasteiger partial charge in [0.15, 0.2) is 0 Å². The lowest BCUT2D eigenvalue weighted by atomic mass is 10.2. The molecule has 0 aromatic carbocycles. The molecule has 0 N–H and O–H groups in total. The maximum Gasteiger partial charge on any atom is 0.0715 e. The van der Waals surface area contributed by atoms with Crippen LogP contribution in [0.2, 0.25) is 0 Å². The van der Waals surface area contributed by atoms with Crippen molar-refractivity contribution in [3.8, 4) is 11.3 Å². The third kappa shape index (κ3) is 2.01. The molecule has 0 saturated carbocycles. The third-order valence-corrected chi connectivity index (χ3v) is 3.60. The second-order valence-electron chi connectivity index (χ2n) is 2.72. The zero-order valence-electron chi connectivity index (χ0n) is 7.11. The monoisotopic (exact) mass is 312 g/mol. The highest BCUT2D eigenvalue weighted by molar-refractivity contribution is 9.13. The summed E-state index contributed by atoms with van der Waals surface area (Å²) < 4.78 is 1.95. The highest BCUT2D eigenvalue weighted by Gasteiger charge is 2.01. The van der Waals surface area contributed by atoms with Gasteiger partial charge in [-0.2, -0.15) is 0 Å². The molecule has 0 spiro atoms. The van der Waals surface area contributed by atoms with Crippen LogP contribution in [0, 0.1) is 0 Å². The van der Waals surface area contributed by atoms with E-state index in [9.17, 15) is 0 Å². The maximum atomic E-state index is 4.30. The van der Waals surface area contributed by atoms with Crippen LogP contribution in [0.4, 0.5) is 0 Å². The summed E-state index contributed by atoms with van der Waals surface area (Å²) >= 11 is 6.82. The predicted octanol–water partition coefficient (Wildman–Crippen LogP) is 3.67. The SMILES string of the molecule is Brc1cnc(-c2ccncc2)cc1Br. The molecule has 0 unspecified atom stereocenters. The molecule has 0 radical (unpaired) electrons. The topological polar surface area (TPSA) is 25.8 Å². The minimum absolute atomic E-state index is 0.933. The summed E-state index contributed by atoms with van der Waals surface area (Å²) in [5, 5.41) is 0. The van der Waals surface area contributed by atoms with Gasteiger partial charge in [0.25, 0.3) is 0 Å². The van der Waals surface area contributed by atoms with Crippen molar-refractivity contribution in [3.63, 3.8) is 0 Å². The molecule has 2 rings (SSSR count). The van der Waals surface area contributed by atoms with E-state index in [1.165, 1.54) is 0 Å². The summed E-state index contributed by atoms with van der Waals surface area (Å²) in [5.41, 5.74) is 2.00. The number of halogens is 2. The van der Waals surface area contributed by atoms with E-state index in [-0.39, 0.29) is 0 Å². The van der Waals surface area contributed by atoms with Crippen molar-refractivity contribution >= 4 is 31.9 Å². The van der Waals surface area contributed by atoms with Crippen molar-refractivity contribution in [1.82, 2.24) is 9.97 Å². The largest absolute Gasteiger partial charge is 0.265 e. The first-order valence-electron chi connectivity index (χ1n) is 3.99. The van der Waals surface area contributed by atoms with Crippen LogP contribution in [-0.4, -0.2) is 9.97 Å². The smallest absolute Gasteiger partial charge is 0.0715 e. The van der Waals surface area contributed by atoms with Crippen LogP contribution in [-0.2, 0) is 0 Å². The molecule has 2 aromatic heterocycles. The van der Waals surface area contributed by atoms with Gasteiger partial charge in [0.1, 0.15) is 0 Å². The van der Waals surface area contributed by atoms with Gasteiger partial charge in [-0.25, -0.2) is 0 Å². The van der Waals surface area contributed by atoms with E-state index >= 15 is 0 Å². The van der Waals surface area contributed by atoms with Gasteiger partial charge in [0.2, 0.25) is 0 Å². The summed E-state index contributed by atoms with van der Waals surface area (Å²) in [5.74, 6) is 0. The van der Waals surface area contributed by atoms with E-state index in [4.69, 9.17) is 0 Å². The number of hydrogen-bond donors (Lipinski definition) is 0. The molecule has 0 atom stereocenters. The van der Waals surface area contributed by atoms with Gasteiger partial charge >= 0.3 is 0 Å². The summed E-state index contributed by atoms with van der Waals surface area (Å²) in [7, 11) is 0. The summed E-state index contributed by atoms with van der Waals surface area (Å²) in [6.07, 6.45) is 5.29. The molecule has 0 amide bonds. The van der Waals surface area contributed by atoms with Crippen molar-refractivity contribution in [2.45, 2.75) is 0 Å². The van der Waals surface area contributed by atoms with Crippen molar-refractivity contribution < 1.29 is 0 Å². The molecule has 0 aliphatic heterocycles. The second-order valence-corrected chi connectivity index (χ2v) is 4.43. The van der Waals surface area contributed by atoms with Crippen molar-refractivity contribution in [2.75, 3.05) is 0 Å². The summed E-state index contributed by atoms with van der Waals surface area (Å²) in [6.45, 7) is 0. The van der Waals surface area contributed by atoms with Gasteiger partial charge in [0, 0.05) is 28.6 Å². The van der Waals surface area contributed by atoms with Crippen LogP contribution in [0.15, 0.2) is 45.7 Å². The molecule has 70 valence electrons. The second kappa shape index (κ2) is 4.19. The number of nitrogens with zero attached hydrogens (tertiary/aromatic N) is 2. The fourth-order valence-corrected chi connectivity index (χ4v) is 1.63. The average molecular weight is 314 g/mol. The Morgan fingerprint density at radius 2 is 1.71 bits per heavy atom. The highest BCUT2D eigenvalue weighted by Crippen LogP contribution is 2.26. The van der Waals surface area contributed by atoms with Crippen molar-refractivity contribution in [2.24, 2.45) is 0 Å². The first-order valence-corrected chi connectivity index (χ1v) is 5.57. The van der Waals surface area contributed by atoms with Gasteiger partial charge in [-0.1, -0.05) is 0 Å². The first kappa shape index (κ1) is 9.80. The van der Waals surface area contributed by atoms with Gasteiger partial charge < -0.3 is 0 Å². The lowest BCUT2D eigenvalue weighted by Crippen LogP contribution is -1.84. The molecular weight excluding hydrogens is 308 g/mol. The Morgan fingerprint density at radius 1 is 1.00 bits per heavy atom. The average Bonchev–Trinajstić information content (AvgIpc) is 2.23. The van der Waals surface area contributed by atoms with Gasteiger partial charge in [-0.05, 0) is 50.1 Å². The minimum Gasteiger partial charge on any atom is -0.265 e. The van der Waals surface area contributed by atoms with Crippen LogP contribution in [0.25, 0.3) is 11.3 Å². The molecule has 2 heterocycles. The first-order chi connectivity index (χ1) is 6.77. The van der Waals surface area contributed by atoms with E-state index in [2.05, 4.69) is 41.8 Å². The summed E-state index contributed by atoms with van der Waals surface area (Å²) in [4.78, 5) is 8.27. The number of rotatable bonds is 1. The lowest BCUT2D eigenvalue weighted by Gasteiger charge is -2.01. The zero-order chi connectivity index (χ0) is 9.97. The lowest BCUT2D eigenvalue weighted by molar-refractivity contribution is 1.27. The van der Waals surface area contributed by atoms with Gasteiger partial charge in [-0.3, -0.25) is 9.97 Å². The number of pyridine rings is 2. The molecule has 0 aliphatic rings. The normalized spacial score (nSPS) is 10.1. The number of hydrogen-bond acceptors (Lipinski definition) is 2. The van der Waals surface area contributed by atoms with E-state index in [0.717, 1.165) is 20.2 Å². The molecule has 14 heavy (non-hydrogen) atoms. The molecule has 2 aromatic rings.